The Balaban J connectivity index is 2.06. The zero-order valence-electron chi connectivity index (χ0n) is 11.1. The van der Waals surface area contributed by atoms with Crippen LogP contribution in [0.2, 0.25) is 0 Å². The molecule has 0 saturated heterocycles. The van der Waals surface area contributed by atoms with Gasteiger partial charge in [-0.05, 0) is 54.5 Å². The van der Waals surface area contributed by atoms with Gasteiger partial charge in [0.05, 0.1) is 13.2 Å². The van der Waals surface area contributed by atoms with Crippen LogP contribution in [-0.4, -0.2) is 25.4 Å². The minimum Gasteiger partial charge on any atom is -0.493 e. The van der Waals surface area contributed by atoms with Crippen molar-refractivity contribution in [2.75, 3.05) is 20.3 Å². The van der Waals surface area contributed by atoms with Gasteiger partial charge in [0.1, 0.15) is 5.75 Å². The van der Waals surface area contributed by atoms with Gasteiger partial charge in [0.15, 0.2) is 0 Å². The number of aryl methyl sites for hydroxylation is 1. The number of methoxy groups -OCH3 is 1. The predicted octanol–water partition coefficient (Wildman–Crippen LogP) is 2.47. The molecule has 0 bridgehead atoms. The first-order valence-corrected chi connectivity index (χ1v) is 6.72. The summed E-state index contributed by atoms with van der Waals surface area (Å²) in [7, 11) is 1.70. The molecular formula is C15H22O3. The topological polar surface area (TPSA) is 38.7 Å². The summed E-state index contributed by atoms with van der Waals surface area (Å²) in [6.07, 6.45) is 5.56. The van der Waals surface area contributed by atoms with E-state index in [0.717, 1.165) is 37.2 Å². The van der Waals surface area contributed by atoms with Crippen LogP contribution in [0.4, 0.5) is 0 Å². The van der Waals surface area contributed by atoms with Gasteiger partial charge in [0, 0.05) is 20.1 Å². The molecule has 1 aliphatic carbocycles. The lowest BCUT2D eigenvalue weighted by Gasteiger charge is -2.20. The molecule has 0 radical (unpaired) electrons. The first-order valence-electron chi connectivity index (χ1n) is 6.72. The monoisotopic (exact) mass is 250 g/mol. The van der Waals surface area contributed by atoms with E-state index in [9.17, 15) is 5.11 Å². The molecule has 3 heteroatoms. The van der Waals surface area contributed by atoms with Gasteiger partial charge in [0.25, 0.3) is 0 Å². The third-order valence-corrected chi connectivity index (χ3v) is 3.46. The van der Waals surface area contributed by atoms with Crippen LogP contribution in [0.5, 0.6) is 5.75 Å². The minimum absolute atomic E-state index is 0.109. The van der Waals surface area contributed by atoms with E-state index in [0.29, 0.717) is 6.61 Å². The first-order chi connectivity index (χ1) is 8.85. The summed E-state index contributed by atoms with van der Waals surface area (Å²) in [6, 6.07) is 4.12. The number of ether oxygens (including phenoxy) is 2. The summed E-state index contributed by atoms with van der Waals surface area (Å²) in [4.78, 5) is 0. The van der Waals surface area contributed by atoms with Gasteiger partial charge in [-0.3, -0.25) is 0 Å². The van der Waals surface area contributed by atoms with Crippen molar-refractivity contribution in [2.45, 2.75) is 38.7 Å². The molecule has 3 nitrogen and oxygen atoms in total. The van der Waals surface area contributed by atoms with Crippen molar-refractivity contribution in [3.05, 3.63) is 28.8 Å². The summed E-state index contributed by atoms with van der Waals surface area (Å²) in [5.74, 6) is 0.885. The number of benzene rings is 1. The van der Waals surface area contributed by atoms with Crippen LogP contribution in [0.3, 0.4) is 0 Å². The van der Waals surface area contributed by atoms with Crippen LogP contribution < -0.4 is 4.74 Å². The second-order valence-electron chi connectivity index (χ2n) is 4.78. The summed E-state index contributed by atoms with van der Waals surface area (Å²) in [6.45, 7) is 1.49. The highest BCUT2D eigenvalue weighted by Gasteiger charge is 2.14. The molecule has 0 heterocycles. The average molecular weight is 250 g/mol. The highest BCUT2D eigenvalue weighted by Crippen LogP contribution is 2.29. The Labute approximate surface area is 109 Å². The fraction of sp³-hybridized carbons (Fsp3) is 0.600. The Morgan fingerprint density at radius 2 is 2.00 bits per heavy atom. The van der Waals surface area contributed by atoms with Crippen molar-refractivity contribution in [1.29, 1.82) is 0 Å². The summed E-state index contributed by atoms with van der Waals surface area (Å²) >= 11 is 0. The molecule has 1 aromatic rings. The zero-order chi connectivity index (χ0) is 12.8. The number of aliphatic hydroxyl groups excluding tert-OH is 1. The molecule has 18 heavy (non-hydrogen) atoms. The highest BCUT2D eigenvalue weighted by atomic mass is 16.5. The number of rotatable bonds is 6. The van der Waals surface area contributed by atoms with E-state index in [4.69, 9.17) is 9.47 Å². The van der Waals surface area contributed by atoms with Gasteiger partial charge in [-0.2, -0.15) is 0 Å². The molecule has 0 aliphatic heterocycles. The Bertz CT molecular complexity index is 370. The third kappa shape index (κ3) is 3.24. The molecule has 2 rings (SSSR count). The highest BCUT2D eigenvalue weighted by molar-refractivity contribution is 5.43. The van der Waals surface area contributed by atoms with Crippen molar-refractivity contribution in [3.8, 4) is 5.75 Å². The maximum Gasteiger partial charge on any atom is 0.119 e. The van der Waals surface area contributed by atoms with Crippen LogP contribution in [-0.2, 0) is 24.2 Å². The standard InChI is InChI=1S/C15H22O3/c1-17-7-4-8-18-14-9-12-5-2-3-6-15(12)13(10-14)11-16/h9-10,16H,2-8,11H2,1H3. The van der Waals surface area contributed by atoms with E-state index in [1.807, 2.05) is 6.07 Å². The fourth-order valence-corrected chi connectivity index (χ4v) is 2.54. The quantitative estimate of drug-likeness (QED) is 0.788. The molecule has 0 spiro atoms. The minimum atomic E-state index is 0.109. The second kappa shape index (κ2) is 6.76. The van der Waals surface area contributed by atoms with Gasteiger partial charge in [0.2, 0.25) is 0 Å². The summed E-state index contributed by atoms with van der Waals surface area (Å²) < 4.78 is 10.7. The van der Waals surface area contributed by atoms with Crippen molar-refractivity contribution in [3.63, 3.8) is 0 Å². The lowest BCUT2D eigenvalue weighted by atomic mass is 9.88. The number of hydrogen-bond donors (Lipinski definition) is 1. The lowest BCUT2D eigenvalue weighted by molar-refractivity contribution is 0.172. The molecule has 0 amide bonds. The van der Waals surface area contributed by atoms with Crippen molar-refractivity contribution < 1.29 is 14.6 Å². The van der Waals surface area contributed by atoms with E-state index >= 15 is 0 Å². The maximum absolute atomic E-state index is 9.45. The Kier molecular flexibility index (Phi) is 5.02. The largest absolute Gasteiger partial charge is 0.493 e. The van der Waals surface area contributed by atoms with Gasteiger partial charge >= 0.3 is 0 Å². The molecule has 0 saturated carbocycles. The molecule has 1 N–H and O–H groups in total. The Hall–Kier alpha value is -1.06. The third-order valence-electron chi connectivity index (χ3n) is 3.46. The summed E-state index contributed by atoms with van der Waals surface area (Å²) in [5.41, 5.74) is 3.73. The molecule has 1 aromatic carbocycles. The smallest absolute Gasteiger partial charge is 0.119 e. The first kappa shape index (κ1) is 13.4. The summed E-state index contributed by atoms with van der Waals surface area (Å²) in [5, 5.41) is 9.45. The van der Waals surface area contributed by atoms with Crippen molar-refractivity contribution in [2.24, 2.45) is 0 Å². The average Bonchev–Trinajstić information content (AvgIpc) is 2.42. The predicted molar refractivity (Wildman–Crippen MR) is 71.0 cm³/mol. The molecule has 0 aromatic heterocycles. The number of hydrogen-bond acceptors (Lipinski definition) is 3. The van der Waals surface area contributed by atoms with Crippen LogP contribution in [0.15, 0.2) is 12.1 Å². The number of fused-ring (bicyclic) bond motifs is 1. The Morgan fingerprint density at radius 1 is 1.17 bits per heavy atom. The normalized spacial score (nSPS) is 14.3. The second-order valence-corrected chi connectivity index (χ2v) is 4.78. The number of aliphatic hydroxyl groups is 1. The van der Waals surface area contributed by atoms with Crippen LogP contribution in [0.25, 0.3) is 0 Å². The Morgan fingerprint density at radius 3 is 2.78 bits per heavy atom. The van der Waals surface area contributed by atoms with Gasteiger partial charge < -0.3 is 14.6 Å². The molecular weight excluding hydrogens is 228 g/mol. The molecule has 0 unspecified atom stereocenters. The molecule has 0 fully saturated rings. The van der Waals surface area contributed by atoms with Crippen LogP contribution >= 0.6 is 0 Å². The molecule has 1 aliphatic rings. The van der Waals surface area contributed by atoms with E-state index in [-0.39, 0.29) is 6.61 Å². The fourth-order valence-electron chi connectivity index (χ4n) is 2.54. The lowest BCUT2D eigenvalue weighted by Crippen LogP contribution is -2.08. The van der Waals surface area contributed by atoms with Gasteiger partial charge in [-0.15, -0.1) is 0 Å². The zero-order valence-corrected chi connectivity index (χ0v) is 11.1. The maximum atomic E-state index is 9.45. The SMILES string of the molecule is COCCCOc1cc(CO)c2c(c1)CCCC2. The van der Waals surface area contributed by atoms with E-state index in [2.05, 4.69) is 6.07 Å². The van der Waals surface area contributed by atoms with Crippen LogP contribution in [0.1, 0.15) is 36.0 Å². The van der Waals surface area contributed by atoms with E-state index in [1.165, 1.54) is 24.0 Å². The van der Waals surface area contributed by atoms with E-state index < -0.39 is 0 Å². The van der Waals surface area contributed by atoms with Crippen molar-refractivity contribution in [1.82, 2.24) is 0 Å². The van der Waals surface area contributed by atoms with Gasteiger partial charge in [-0.25, -0.2) is 0 Å². The molecule has 0 atom stereocenters. The van der Waals surface area contributed by atoms with Crippen LogP contribution in [0, 0.1) is 0 Å². The van der Waals surface area contributed by atoms with E-state index in [1.54, 1.807) is 7.11 Å². The van der Waals surface area contributed by atoms with Gasteiger partial charge in [-0.1, -0.05) is 0 Å². The van der Waals surface area contributed by atoms with Crippen molar-refractivity contribution >= 4 is 0 Å². The molecule has 100 valence electrons.